The number of nitro benzene ring substituents is 1. The first-order valence-corrected chi connectivity index (χ1v) is 5.44. The Hall–Kier alpha value is -2.07. The molecule has 0 amide bonds. The van der Waals surface area contributed by atoms with E-state index in [9.17, 15) is 19.7 Å². The van der Waals surface area contributed by atoms with Crippen LogP contribution in [0.4, 0.5) is 5.69 Å². The van der Waals surface area contributed by atoms with Gasteiger partial charge in [-0.15, -0.1) is 0 Å². The highest BCUT2D eigenvalue weighted by atomic mass is 79.9. The molecule has 1 aromatic carbocycles. The lowest BCUT2D eigenvalue weighted by Gasteiger charge is -2.03. The van der Waals surface area contributed by atoms with Crippen LogP contribution in [0, 0.1) is 21.4 Å². The average Bonchev–Trinajstić information content (AvgIpc) is 2.35. The van der Waals surface area contributed by atoms with Gasteiger partial charge in [0.25, 0.3) is 5.69 Å². The molecule has 17 heavy (non-hydrogen) atoms. The molecule has 6 nitrogen and oxygen atoms in total. The molecule has 0 heterocycles. The molecule has 0 fully saturated rings. The summed E-state index contributed by atoms with van der Waals surface area (Å²) in [6, 6.07) is 3.75. The molecule has 0 aliphatic heterocycles. The summed E-state index contributed by atoms with van der Waals surface area (Å²) in [6.45, 7) is 0. The summed E-state index contributed by atoms with van der Waals surface area (Å²) in [4.78, 5) is 32.0. The molecular formula is C10H5BrN2O4. The van der Waals surface area contributed by atoms with Gasteiger partial charge in [-0.25, -0.2) is 0 Å². The Bertz CT molecular complexity index is 548. The number of hydrogen-bond donors (Lipinski definition) is 0. The molecule has 0 spiro atoms. The molecule has 0 saturated heterocycles. The molecule has 1 aromatic rings. The first-order valence-electron chi connectivity index (χ1n) is 4.32. The number of hydrogen-bond acceptors (Lipinski definition) is 5. The highest BCUT2D eigenvalue weighted by Gasteiger charge is 2.22. The Labute approximate surface area is 104 Å². The van der Waals surface area contributed by atoms with E-state index in [1.165, 1.54) is 6.07 Å². The molecule has 0 N–H and O–H groups in total. The number of carbonyl (C=O) groups is 2. The minimum Gasteiger partial charge on any atom is -0.298 e. The van der Waals surface area contributed by atoms with E-state index in [1.54, 1.807) is 6.07 Å². The zero-order chi connectivity index (χ0) is 13.0. The SMILES string of the molecule is N#Cc1c(C(=O)CBr)cc(C=O)cc1[N+](=O)[O-]. The van der Waals surface area contributed by atoms with Crippen molar-refractivity contribution >= 4 is 33.7 Å². The molecule has 0 saturated carbocycles. The first kappa shape index (κ1) is 13.0. The third kappa shape index (κ3) is 2.54. The standard InChI is InChI=1S/C10H5BrN2O4/c11-3-10(15)7-1-6(5-14)2-9(13(16)17)8(7)4-12/h1-2,5H,3H2. The number of carbonyl (C=O) groups excluding carboxylic acids is 2. The molecule has 0 aliphatic rings. The highest BCUT2D eigenvalue weighted by molar-refractivity contribution is 9.09. The summed E-state index contributed by atoms with van der Waals surface area (Å²) < 4.78 is 0. The zero-order valence-corrected chi connectivity index (χ0v) is 9.93. The predicted octanol–water partition coefficient (Wildman–Crippen LogP) is 1.86. The summed E-state index contributed by atoms with van der Waals surface area (Å²) in [7, 11) is 0. The molecule has 0 atom stereocenters. The van der Waals surface area contributed by atoms with Crippen molar-refractivity contribution in [1.82, 2.24) is 0 Å². The molecule has 7 heteroatoms. The fraction of sp³-hybridized carbons (Fsp3) is 0.100. The lowest BCUT2D eigenvalue weighted by molar-refractivity contribution is -0.385. The third-order valence-corrected chi connectivity index (χ3v) is 2.52. The zero-order valence-electron chi connectivity index (χ0n) is 8.34. The number of alkyl halides is 1. The summed E-state index contributed by atoms with van der Waals surface area (Å²) in [6.07, 6.45) is 0.388. The Morgan fingerprint density at radius 1 is 1.59 bits per heavy atom. The summed E-state index contributed by atoms with van der Waals surface area (Å²) in [5.74, 6) is -0.492. The van der Waals surface area contributed by atoms with Crippen molar-refractivity contribution in [2.24, 2.45) is 0 Å². The molecule has 0 unspecified atom stereocenters. The van der Waals surface area contributed by atoms with Gasteiger partial charge in [0, 0.05) is 17.2 Å². The van der Waals surface area contributed by atoms with E-state index in [0.717, 1.165) is 6.07 Å². The maximum absolute atomic E-state index is 11.5. The number of benzene rings is 1. The fourth-order valence-corrected chi connectivity index (χ4v) is 1.57. The molecular weight excluding hydrogens is 292 g/mol. The normalized spacial score (nSPS) is 9.41. The molecule has 0 radical (unpaired) electrons. The minimum atomic E-state index is -0.795. The van der Waals surface area contributed by atoms with Crippen LogP contribution in [0.3, 0.4) is 0 Å². The van der Waals surface area contributed by atoms with Crippen molar-refractivity contribution in [2.75, 3.05) is 5.33 Å². The van der Waals surface area contributed by atoms with Crippen molar-refractivity contribution < 1.29 is 14.5 Å². The molecule has 0 bridgehead atoms. The van der Waals surface area contributed by atoms with Crippen LogP contribution in [0.5, 0.6) is 0 Å². The monoisotopic (exact) mass is 296 g/mol. The van der Waals surface area contributed by atoms with Gasteiger partial charge in [-0.2, -0.15) is 5.26 Å². The van der Waals surface area contributed by atoms with Gasteiger partial charge in [0.05, 0.1) is 10.3 Å². The van der Waals surface area contributed by atoms with Crippen molar-refractivity contribution in [3.63, 3.8) is 0 Å². The number of halogens is 1. The first-order chi connectivity index (χ1) is 8.04. The van der Waals surface area contributed by atoms with Crippen LogP contribution in [0.1, 0.15) is 26.3 Å². The molecule has 1 rings (SSSR count). The summed E-state index contributed by atoms with van der Waals surface area (Å²) in [5, 5.41) is 19.5. The van der Waals surface area contributed by atoms with Crippen molar-refractivity contribution in [3.05, 3.63) is 38.9 Å². The number of nitro groups is 1. The number of Topliss-reactive ketones (excluding diaryl/α,β-unsaturated/α-hetero) is 1. The van der Waals surface area contributed by atoms with Gasteiger partial charge in [-0.05, 0) is 6.07 Å². The maximum atomic E-state index is 11.5. The van der Waals surface area contributed by atoms with Gasteiger partial charge in [-0.1, -0.05) is 15.9 Å². The van der Waals surface area contributed by atoms with E-state index in [0.29, 0.717) is 6.29 Å². The number of ketones is 1. The van der Waals surface area contributed by atoms with Gasteiger partial charge < -0.3 is 0 Å². The minimum absolute atomic E-state index is 0.0139. The summed E-state index contributed by atoms with van der Waals surface area (Å²) in [5.41, 5.74) is -1.01. The fourth-order valence-electron chi connectivity index (χ4n) is 1.27. The van der Waals surface area contributed by atoms with Crippen LogP contribution >= 0.6 is 15.9 Å². The van der Waals surface area contributed by atoms with Crippen molar-refractivity contribution in [3.8, 4) is 6.07 Å². The van der Waals surface area contributed by atoms with Crippen LogP contribution < -0.4 is 0 Å². The molecule has 0 aliphatic carbocycles. The quantitative estimate of drug-likeness (QED) is 0.277. The number of nitriles is 1. The van der Waals surface area contributed by atoms with Gasteiger partial charge in [0.1, 0.15) is 17.9 Å². The lowest BCUT2D eigenvalue weighted by atomic mass is 10.0. The Kier molecular flexibility index (Phi) is 4.06. The Morgan fingerprint density at radius 2 is 2.24 bits per heavy atom. The molecule has 0 aromatic heterocycles. The maximum Gasteiger partial charge on any atom is 0.288 e. The van der Waals surface area contributed by atoms with Crippen LogP contribution in [0.25, 0.3) is 0 Å². The van der Waals surface area contributed by atoms with Crippen molar-refractivity contribution in [2.45, 2.75) is 0 Å². The smallest absolute Gasteiger partial charge is 0.288 e. The van der Waals surface area contributed by atoms with Crippen LogP contribution in [-0.4, -0.2) is 22.3 Å². The lowest BCUT2D eigenvalue weighted by Crippen LogP contribution is -2.07. The van der Waals surface area contributed by atoms with E-state index in [2.05, 4.69) is 15.9 Å². The average molecular weight is 297 g/mol. The van der Waals surface area contributed by atoms with E-state index >= 15 is 0 Å². The van der Waals surface area contributed by atoms with Gasteiger partial charge in [0.15, 0.2) is 5.78 Å². The second kappa shape index (κ2) is 5.32. The van der Waals surface area contributed by atoms with Gasteiger partial charge in [-0.3, -0.25) is 19.7 Å². The predicted molar refractivity (Wildman–Crippen MR) is 61.3 cm³/mol. The van der Waals surface area contributed by atoms with Crippen LogP contribution in [0.15, 0.2) is 12.1 Å². The van der Waals surface area contributed by atoms with E-state index in [4.69, 9.17) is 5.26 Å². The Morgan fingerprint density at radius 3 is 2.65 bits per heavy atom. The van der Waals surface area contributed by atoms with E-state index < -0.39 is 16.4 Å². The summed E-state index contributed by atoms with van der Waals surface area (Å²) >= 11 is 2.91. The largest absolute Gasteiger partial charge is 0.298 e. The molecule has 86 valence electrons. The number of aldehydes is 1. The second-order valence-corrected chi connectivity index (χ2v) is 3.57. The van der Waals surface area contributed by atoms with Crippen LogP contribution in [0.2, 0.25) is 0 Å². The topological polar surface area (TPSA) is 101 Å². The highest BCUT2D eigenvalue weighted by Crippen LogP contribution is 2.24. The van der Waals surface area contributed by atoms with Gasteiger partial charge >= 0.3 is 0 Å². The second-order valence-electron chi connectivity index (χ2n) is 3.01. The number of nitrogens with zero attached hydrogens (tertiary/aromatic N) is 2. The third-order valence-electron chi connectivity index (χ3n) is 2.01. The number of rotatable bonds is 4. The van der Waals surface area contributed by atoms with Gasteiger partial charge in [0.2, 0.25) is 0 Å². The van der Waals surface area contributed by atoms with Crippen LogP contribution in [-0.2, 0) is 0 Å². The van der Waals surface area contributed by atoms with E-state index in [1.807, 2.05) is 0 Å². The van der Waals surface area contributed by atoms with Crippen molar-refractivity contribution in [1.29, 1.82) is 5.26 Å². The van der Waals surface area contributed by atoms with E-state index in [-0.39, 0.29) is 22.0 Å². The Balaban J connectivity index is 3.63.